The van der Waals surface area contributed by atoms with Crippen LogP contribution in [-0.2, 0) is 5.11 Å². The van der Waals surface area contributed by atoms with Crippen molar-refractivity contribution in [1.29, 1.82) is 0 Å². The summed E-state index contributed by atoms with van der Waals surface area (Å²) < 4.78 is 0. The zero-order valence-electron chi connectivity index (χ0n) is 6.44. The molecule has 0 N–H and O–H groups in total. The lowest BCUT2D eigenvalue weighted by Crippen LogP contribution is -1.82. The molecule has 0 aromatic heterocycles. The molecule has 0 bridgehead atoms. The van der Waals surface area contributed by atoms with Gasteiger partial charge in [0, 0.05) is 5.33 Å². The molecule has 0 spiro atoms. The fourth-order valence-corrected chi connectivity index (χ4v) is 1.30. The van der Waals surface area contributed by atoms with E-state index in [-0.39, 0.29) is 6.61 Å². The predicted molar refractivity (Wildman–Crippen MR) is 47.0 cm³/mol. The third kappa shape index (κ3) is 8.44. The maximum atomic E-state index is 10.0. The van der Waals surface area contributed by atoms with E-state index in [0.717, 1.165) is 18.2 Å². The highest BCUT2D eigenvalue weighted by atomic mass is 79.9. The van der Waals surface area contributed by atoms with Crippen molar-refractivity contribution in [3.63, 3.8) is 0 Å². The second kappa shape index (κ2) is 9.44. The maximum Gasteiger partial charge on any atom is 0.0822 e. The van der Waals surface area contributed by atoms with Crippen molar-refractivity contribution < 1.29 is 5.11 Å². The smallest absolute Gasteiger partial charge is 0.0822 e. The number of halogens is 1. The lowest BCUT2D eigenvalue weighted by Gasteiger charge is -1.96. The van der Waals surface area contributed by atoms with Gasteiger partial charge in [-0.15, -0.1) is 0 Å². The third-order valence-corrected chi connectivity index (χ3v) is 2.09. The quantitative estimate of drug-likeness (QED) is 0.452. The summed E-state index contributed by atoms with van der Waals surface area (Å²) >= 11 is 3.38. The number of unbranched alkanes of at least 4 members (excludes halogenated alkanes) is 5. The van der Waals surface area contributed by atoms with E-state index in [1.54, 1.807) is 0 Å². The average Bonchev–Trinajstić information content (AvgIpc) is 1.97. The lowest BCUT2D eigenvalue weighted by molar-refractivity contribution is 0.186. The van der Waals surface area contributed by atoms with E-state index < -0.39 is 0 Å². The first-order valence-electron chi connectivity index (χ1n) is 4.06. The summed E-state index contributed by atoms with van der Waals surface area (Å²) in [6.45, 7) is 0.110. The van der Waals surface area contributed by atoms with Gasteiger partial charge in [-0.05, 0) is 12.8 Å². The number of hydrogen-bond donors (Lipinski definition) is 0. The summed E-state index contributed by atoms with van der Waals surface area (Å²) in [5.74, 6) is 0. The Morgan fingerprint density at radius 3 is 1.80 bits per heavy atom. The van der Waals surface area contributed by atoms with E-state index in [1.807, 2.05) is 0 Å². The van der Waals surface area contributed by atoms with Crippen molar-refractivity contribution in [3.05, 3.63) is 0 Å². The van der Waals surface area contributed by atoms with Crippen LogP contribution in [0, 0.1) is 0 Å². The van der Waals surface area contributed by atoms with E-state index in [9.17, 15) is 5.11 Å². The van der Waals surface area contributed by atoms with Gasteiger partial charge in [0.1, 0.15) is 0 Å². The van der Waals surface area contributed by atoms with Crippen molar-refractivity contribution in [2.45, 2.75) is 38.5 Å². The summed E-state index contributed by atoms with van der Waals surface area (Å²) in [4.78, 5) is 0. The Morgan fingerprint density at radius 2 is 1.30 bits per heavy atom. The number of alkyl halides is 1. The minimum atomic E-state index is 0.110. The Bertz CT molecular complexity index is 49.2. The van der Waals surface area contributed by atoms with Gasteiger partial charge in [-0.2, -0.15) is 0 Å². The van der Waals surface area contributed by atoms with Gasteiger partial charge in [0.15, 0.2) is 0 Å². The van der Waals surface area contributed by atoms with Gasteiger partial charge < -0.3 is 0 Å². The van der Waals surface area contributed by atoms with Crippen LogP contribution in [0.1, 0.15) is 38.5 Å². The molecule has 1 radical (unpaired) electrons. The highest BCUT2D eigenvalue weighted by Gasteiger charge is 1.88. The molecular formula is C8H16BrO. The molecule has 1 nitrogen and oxygen atoms in total. The molecule has 0 atom stereocenters. The minimum absolute atomic E-state index is 0.110. The molecule has 0 aromatic rings. The minimum Gasteiger partial charge on any atom is -0.237 e. The highest BCUT2D eigenvalue weighted by molar-refractivity contribution is 9.09. The van der Waals surface area contributed by atoms with Crippen LogP contribution in [0.25, 0.3) is 0 Å². The van der Waals surface area contributed by atoms with Gasteiger partial charge in [-0.25, -0.2) is 5.11 Å². The molecule has 0 rings (SSSR count). The van der Waals surface area contributed by atoms with Gasteiger partial charge in [0.05, 0.1) is 6.61 Å². The molecule has 0 saturated heterocycles. The maximum absolute atomic E-state index is 10.0. The van der Waals surface area contributed by atoms with Gasteiger partial charge in [0.2, 0.25) is 0 Å². The molecule has 0 aliphatic carbocycles. The molecule has 0 unspecified atom stereocenters. The molecule has 0 aromatic carbocycles. The van der Waals surface area contributed by atoms with Crippen molar-refractivity contribution in [2.24, 2.45) is 0 Å². The summed E-state index contributed by atoms with van der Waals surface area (Å²) in [7, 11) is 0. The number of rotatable bonds is 7. The van der Waals surface area contributed by atoms with Crippen molar-refractivity contribution in [2.75, 3.05) is 11.9 Å². The first-order valence-corrected chi connectivity index (χ1v) is 5.18. The lowest BCUT2D eigenvalue weighted by atomic mass is 10.1. The molecule has 0 heterocycles. The molecule has 0 aliphatic heterocycles. The van der Waals surface area contributed by atoms with Gasteiger partial charge in [0.25, 0.3) is 0 Å². The molecule has 2 heteroatoms. The zero-order chi connectivity index (χ0) is 7.66. The summed E-state index contributed by atoms with van der Waals surface area (Å²) in [5.41, 5.74) is 0. The topological polar surface area (TPSA) is 19.9 Å². The fraction of sp³-hybridized carbons (Fsp3) is 1.00. The van der Waals surface area contributed by atoms with Crippen molar-refractivity contribution >= 4 is 15.9 Å². The van der Waals surface area contributed by atoms with Crippen LogP contribution in [0.15, 0.2) is 0 Å². The molecule has 10 heavy (non-hydrogen) atoms. The first-order chi connectivity index (χ1) is 4.91. The van der Waals surface area contributed by atoms with Crippen LogP contribution in [0.4, 0.5) is 0 Å². The Morgan fingerprint density at radius 1 is 0.800 bits per heavy atom. The molecule has 0 aliphatic rings. The normalized spacial score (nSPS) is 10.2. The Kier molecular flexibility index (Phi) is 9.86. The first kappa shape index (κ1) is 10.4. The van der Waals surface area contributed by atoms with E-state index in [0.29, 0.717) is 0 Å². The monoisotopic (exact) mass is 207 g/mol. The molecular weight excluding hydrogens is 192 g/mol. The van der Waals surface area contributed by atoms with Crippen molar-refractivity contribution in [1.82, 2.24) is 0 Å². The second-order valence-electron chi connectivity index (χ2n) is 2.51. The summed E-state index contributed by atoms with van der Waals surface area (Å²) in [6, 6.07) is 0. The SMILES string of the molecule is [O]CCCCCCCCBr. The van der Waals surface area contributed by atoms with E-state index in [4.69, 9.17) is 0 Å². The third-order valence-electron chi connectivity index (χ3n) is 1.53. The summed E-state index contributed by atoms with van der Waals surface area (Å²) in [6.07, 6.45) is 7.13. The van der Waals surface area contributed by atoms with E-state index >= 15 is 0 Å². The van der Waals surface area contributed by atoms with Crippen molar-refractivity contribution in [3.8, 4) is 0 Å². The van der Waals surface area contributed by atoms with Crippen LogP contribution < -0.4 is 0 Å². The van der Waals surface area contributed by atoms with E-state index in [2.05, 4.69) is 15.9 Å². The Hall–Kier alpha value is 0.440. The highest BCUT2D eigenvalue weighted by Crippen LogP contribution is 2.05. The molecule has 0 amide bonds. The summed E-state index contributed by atoms with van der Waals surface area (Å²) in [5, 5.41) is 11.1. The molecule has 0 fully saturated rings. The van der Waals surface area contributed by atoms with Crippen LogP contribution in [0.2, 0.25) is 0 Å². The molecule has 61 valence electrons. The van der Waals surface area contributed by atoms with Gasteiger partial charge in [-0.3, -0.25) is 0 Å². The predicted octanol–water partition coefficient (Wildman–Crippen LogP) is 3.15. The zero-order valence-corrected chi connectivity index (χ0v) is 8.03. The standard InChI is InChI=1S/C8H16BrO/c9-7-5-3-1-2-4-6-8-10/h1-8H2. The average molecular weight is 208 g/mol. The Labute approximate surface area is 72.0 Å². The number of hydrogen-bond acceptors (Lipinski definition) is 0. The second-order valence-corrected chi connectivity index (χ2v) is 3.31. The van der Waals surface area contributed by atoms with Crippen LogP contribution >= 0.6 is 15.9 Å². The van der Waals surface area contributed by atoms with Crippen LogP contribution in [0.3, 0.4) is 0 Å². The molecule has 0 saturated carbocycles. The fourth-order valence-electron chi connectivity index (χ4n) is 0.904. The van der Waals surface area contributed by atoms with E-state index in [1.165, 1.54) is 25.7 Å². The van der Waals surface area contributed by atoms with Crippen LogP contribution in [-0.4, -0.2) is 11.9 Å². The largest absolute Gasteiger partial charge is 0.237 e. The Balaban J connectivity index is 2.65. The van der Waals surface area contributed by atoms with Gasteiger partial charge >= 0.3 is 0 Å². The van der Waals surface area contributed by atoms with Crippen LogP contribution in [0.5, 0.6) is 0 Å². The van der Waals surface area contributed by atoms with Gasteiger partial charge in [-0.1, -0.05) is 41.6 Å².